The summed E-state index contributed by atoms with van der Waals surface area (Å²) in [6.07, 6.45) is 7.45. The van der Waals surface area contributed by atoms with Gasteiger partial charge in [0.2, 0.25) is 0 Å². The Bertz CT molecular complexity index is 187. The first-order valence-corrected chi connectivity index (χ1v) is 7.22. The monoisotopic (exact) mass is 243 g/mol. The Morgan fingerprint density at radius 2 is 2.24 bits per heavy atom. The second-order valence-corrected chi connectivity index (χ2v) is 5.39. The van der Waals surface area contributed by atoms with Crippen molar-refractivity contribution in [2.45, 2.75) is 64.5 Å². The summed E-state index contributed by atoms with van der Waals surface area (Å²) in [6.45, 7) is 6.47. The van der Waals surface area contributed by atoms with Crippen LogP contribution < -0.4 is 5.32 Å². The minimum absolute atomic E-state index is 0.242. The molecule has 0 saturated heterocycles. The first-order valence-electron chi connectivity index (χ1n) is 7.22. The van der Waals surface area contributed by atoms with Crippen LogP contribution in [-0.4, -0.2) is 37.0 Å². The fourth-order valence-electron chi connectivity index (χ4n) is 2.53. The van der Waals surface area contributed by atoms with E-state index in [2.05, 4.69) is 19.2 Å². The van der Waals surface area contributed by atoms with Crippen molar-refractivity contribution < 1.29 is 9.84 Å². The maximum atomic E-state index is 9.02. The van der Waals surface area contributed by atoms with Crippen molar-refractivity contribution in [1.82, 2.24) is 5.32 Å². The van der Waals surface area contributed by atoms with Crippen molar-refractivity contribution in [2.24, 2.45) is 5.92 Å². The maximum absolute atomic E-state index is 9.02. The lowest BCUT2D eigenvalue weighted by Gasteiger charge is -2.28. The molecule has 17 heavy (non-hydrogen) atoms. The van der Waals surface area contributed by atoms with Gasteiger partial charge >= 0.3 is 0 Å². The van der Waals surface area contributed by atoms with E-state index in [1.54, 1.807) is 0 Å². The average Bonchev–Trinajstić information content (AvgIpc) is 2.33. The molecule has 3 atom stereocenters. The zero-order valence-electron chi connectivity index (χ0n) is 11.5. The largest absolute Gasteiger partial charge is 0.396 e. The summed E-state index contributed by atoms with van der Waals surface area (Å²) in [5.74, 6) is 0.814. The van der Waals surface area contributed by atoms with Gasteiger partial charge in [-0.25, -0.2) is 0 Å². The quantitative estimate of drug-likeness (QED) is 0.687. The molecular formula is C14H29NO2. The average molecular weight is 243 g/mol. The Kier molecular flexibility index (Phi) is 7.82. The van der Waals surface area contributed by atoms with E-state index >= 15 is 0 Å². The van der Waals surface area contributed by atoms with E-state index in [1.165, 1.54) is 25.7 Å². The molecule has 3 unspecified atom stereocenters. The van der Waals surface area contributed by atoms with Gasteiger partial charge in [-0.3, -0.25) is 0 Å². The van der Waals surface area contributed by atoms with Gasteiger partial charge in [0.1, 0.15) is 0 Å². The molecule has 0 amide bonds. The van der Waals surface area contributed by atoms with Gasteiger partial charge < -0.3 is 15.2 Å². The number of hydrogen-bond acceptors (Lipinski definition) is 3. The molecule has 1 fully saturated rings. The molecule has 0 bridgehead atoms. The molecular weight excluding hydrogens is 214 g/mol. The zero-order valence-corrected chi connectivity index (χ0v) is 11.5. The van der Waals surface area contributed by atoms with Crippen LogP contribution in [0.3, 0.4) is 0 Å². The van der Waals surface area contributed by atoms with Crippen LogP contribution in [0.25, 0.3) is 0 Å². The molecule has 3 heteroatoms. The fourth-order valence-corrected chi connectivity index (χ4v) is 2.53. The van der Waals surface area contributed by atoms with Gasteiger partial charge in [0.25, 0.3) is 0 Å². The van der Waals surface area contributed by atoms with Gasteiger partial charge in [-0.2, -0.15) is 0 Å². The van der Waals surface area contributed by atoms with Crippen molar-refractivity contribution >= 4 is 0 Å². The molecule has 2 N–H and O–H groups in total. The minimum Gasteiger partial charge on any atom is -0.396 e. The topological polar surface area (TPSA) is 41.5 Å². The smallest absolute Gasteiger partial charge is 0.0624 e. The normalized spacial score (nSPS) is 27.0. The molecule has 0 aromatic rings. The molecule has 0 aliphatic heterocycles. The summed E-state index contributed by atoms with van der Waals surface area (Å²) in [4.78, 5) is 0. The predicted molar refractivity (Wildman–Crippen MR) is 71.2 cm³/mol. The van der Waals surface area contributed by atoms with E-state index in [0.717, 1.165) is 31.9 Å². The van der Waals surface area contributed by atoms with E-state index in [4.69, 9.17) is 9.84 Å². The summed E-state index contributed by atoms with van der Waals surface area (Å²) in [7, 11) is 0. The number of nitrogens with one attached hydrogen (secondary N) is 1. The number of hydrogen-bond donors (Lipinski definition) is 2. The van der Waals surface area contributed by atoms with Crippen LogP contribution in [0.15, 0.2) is 0 Å². The van der Waals surface area contributed by atoms with Gasteiger partial charge in [-0.05, 0) is 38.1 Å². The number of rotatable bonds is 8. The lowest BCUT2D eigenvalue weighted by atomic mass is 9.89. The molecule has 0 spiro atoms. The summed E-state index contributed by atoms with van der Waals surface area (Å²) in [6, 6.07) is 0.317. The third-order valence-electron chi connectivity index (χ3n) is 3.58. The molecule has 1 rings (SSSR count). The standard InChI is InChI=1S/C14H29NO2/c1-3-8-15-13(7-9-16)11-17-14-6-4-5-12(2)10-14/h12-16H,3-11H2,1-2H3. The third-order valence-corrected chi connectivity index (χ3v) is 3.58. The molecule has 1 aliphatic carbocycles. The lowest BCUT2D eigenvalue weighted by Crippen LogP contribution is -2.37. The van der Waals surface area contributed by atoms with E-state index < -0.39 is 0 Å². The first kappa shape index (κ1) is 14.9. The van der Waals surface area contributed by atoms with Crippen molar-refractivity contribution in [3.05, 3.63) is 0 Å². The molecule has 0 heterocycles. The first-order chi connectivity index (χ1) is 8.26. The van der Waals surface area contributed by atoms with E-state index in [9.17, 15) is 0 Å². The highest BCUT2D eigenvalue weighted by Crippen LogP contribution is 2.25. The summed E-state index contributed by atoms with van der Waals surface area (Å²) in [5.41, 5.74) is 0. The van der Waals surface area contributed by atoms with Crippen LogP contribution in [0.5, 0.6) is 0 Å². The summed E-state index contributed by atoms with van der Waals surface area (Å²) in [5, 5.41) is 12.5. The lowest BCUT2D eigenvalue weighted by molar-refractivity contribution is 0.00143. The van der Waals surface area contributed by atoms with Crippen molar-refractivity contribution in [1.29, 1.82) is 0 Å². The predicted octanol–water partition coefficient (Wildman–Crippen LogP) is 2.33. The number of ether oxygens (including phenoxy) is 1. The van der Waals surface area contributed by atoms with E-state index in [0.29, 0.717) is 12.1 Å². The van der Waals surface area contributed by atoms with Crippen LogP contribution >= 0.6 is 0 Å². The van der Waals surface area contributed by atoms with Crippen LogP contribution in [0.1, 0.15) is 52.4 Å². The third kappa shape index (κ3) is 6.39. The minimum atomic E-state index is 0.242. The van der Waals surface area contributed by atoms with E-state index in [1.807, 2.05) is 0 Å². The molecule has 102 valence electrons. The van der Waals surface area contributed by atoms with Gasteiger partial charge in [-0.15, -0.1) is 0 Å². The van der Waals surface area contributed by atoms with Crippen molar-refractivity contribution in [3.63, 3.8) is 0 Å². The second-order valence-electron chi connectivity index (χ2n) is 5.39. The van der Waals surface area contributed by atoms with Gasteiger partial charge in [0.05, 0.1) is 12.7 Å². The molecule has 3 nitrogen and oxygen atoms in total. The fraction of sp³-hybridized carbons (Fsp3) is 1.00. The highest BCUT2D eigenvalue weighted by molar-refractivity contribution is 4.72. The number of aliphatic hydroxyl groups excluding tert-OH is 1. The van der Waals surface area contributed by atoms with Crippen LogP contribution in [0, 0.1) is 5.92 Å². The van der Waals surface area contributed by atoms with Crippen LogP contribution in [-0.2, 0) is 4.74 Å². The SMILES string of the molecule is CCCNC(CCO)COC1CCCC(C)C1. The molecule has 0 aromatic carbocycles. The van der Waals surface area contributed by atoms with Gasteiger partial charge in [-0.1, -0.05) is 26.7 Å². The Morgan fingerprint density at radius 1 is 1.41 bits per heavy atom. The van der Waals surface area contributed by atoms with Crippen molar-refractivity contribution in [2.75, 3.05) is 19.8 Å². The van der Waals surface area contributed by atoms with Crippen LogP contribution in [0.4, 0.5) is 0 Å². The van der Waals surface area contributed by atoms with Crippen LogP contribution in [0.2, 0.25) is 0 Å². The Morgan fingerprint density at radius 3 is 2.88 bits per heavy atom. The molecule has 1 saturated carbocycles. The van der Waals surface area contributed by atoms with Crippen molar-refractivity contribution in [3.8, 4) is 0 Å². The zero-order chi connectivity index (χ0) is 12.5. The highest BCUT2D eigenvalue weighted by Gasteiger charge is 2.20. The Labute approximate surface area is 106 Å². The molecule has 0 aromatic heterocycles. The molecule has 0 radical (unpaired) electrons. The van der Waals surface area contributed by atoms with Gasteiger partial charge in [0.15, 0.2) is 0 Å². The Balaban J connectivity index is 2.19. The highest BCUT2D eigenvalue weighted by atomic mass is 16.5. The number of aliphatic hydroxyl groups is 1. The van der Waals surface area contributed by atoms with E-state index in [-0.39, 0.29) is 6.61 Å². The molecule has 1 aliphatic rings. The summed E-state index contributed by atoms with van der Waals surface area (Å²) < 4.78 is 5.99. The Hall–Kier alpha value is -0.120. The summed E-state index contributed by atoms with van der Waals surface area (Å²) >= 11 is 0. The maximum Gasteiger partial charge on any atom is 0.0624 e. The second kappa shape index (κ2) is 8.90. The van der Waals surface area contributed by atoms with Gasteiger partial charge in [0, 0.05) is 12.6 Å².